The summed E-state index contributed by atoms with van der Waals surface area (Å²) < 4.78 is 1.73. The predicted octanol–water partition coefficient (Wildman–Crippen LogP) is 2.21. The van der Waals surface area contributed by atoms with Crippen molar-refractivity contribution in [3.63, 3.8) is 0 Å². The van der Waals surface area contributed by atoms with Crippen LogP contribution in [-0.4, -0.2) is 15.6 Å². The van der Waals surface area contributed by atoms with E-state index in [0.717, 1.165) is 18.8 Å². The molecule has 0 aliphatic heterocycles. The molecule has 17 heavy (non-hydrogen) atoms. The van der Waals surface area contributed by atoms with E-state index in [2.05, 4.69) is 17.2 Å². The average Bonchev–Trinajstić information content (AvgIpc) is 2.16. The lowest BCUT2D eigenvalue weighted by molar-refractivity contribution is 0.307. The first-order valence-electron chi connectivity index (χ1n) is 6.22. The molecule has 4 heteroatoms. The molecule has 1 aliphatic carbocycles. The maximum absolute atomic E-state index is 12.2. The zero-order chi connectivity index (χ0) is 12.6. The molecule has 4 nitrogen and oxygen atoms in total. The molecule has 0 saturated heterocycles. The highest BCUT2D eigenvalue weighted by atomic mass is 16.1. The summed E-state index contributed by atoms with van der Waals surface area (Å²) in [6, 6.07) is 0.418. The van der Waals surface area contributed by atoms with Gasteiger partial charge >= 0.3 is 0 Å². The van der Waals surface area contributed by atoms with Gasteiger partial charge in [0.15, 0.2) is 5.82 Å². The third-order valence-electron chi connectivity index (χ3n) is 3.28. The van der Waals surface area contributed by atoms with Crippen LogP contribution in [0, 0.1) is 5.92 Å². The van der Waals surface area contributed by atoms with Crippen molar-refractivity contribution in [3.8, 4) is 0 Å². The van der Waals surface area contributed by atoms with E-state index in [1.54, 1.807) is 17.0 Å². The minimum Gasteiger partial charge on any atom is -0.363 e. The van der Waals surface area contributed by atoms with Crippen molar-refractivity contribution in [2.45, 2.75) is 52.1 Å². The van der Waals surface area contributed by atoms with Crippen molar-refractivity contribution in [3.05, 3.63) is 22.7 Å². The van der Waals surface area contributed by atoms with Crippen molar-refractivity contribution < 1.29 is 0 Å². The quantitative estimate of drug-likeness (QED) is 0.855. The van der Waals surface area contributed by atoms with E-state index in [0.29, 0.717) is 11.9 Å². The zero-order valence-electron chi connectivity index (χ0n) is 11.0. The van der Waals surface area contributed by atoms with Gasteiger partial charge in [-0.05, 0) is 39.5 Å². The van der Waals surface area contributed by atoms with Crippen molar-refractivity contribution in [1.82, 2.24) is 9.55 Å². The number of nitrogens with zero attached hydrogens (tertiary/aromatic N) is 2. The molecular formula is C13H21N3O. The molecular weight excluding hydrogens is 214 g/mol. The van der Waals surface area contributed by atoms with Crippen LogP contribution in [0.15, 0.2) is 17.2 Å². The van der Waals surface area contributed by atoms with Crippen molar-refractivity contribution in [2.75, 3.05) is 5.32 Å². The third kappa shape index (κ3) is 2.51. The van der Waals surface area contributed by atoms with Gasteiger partial charge in [-0.1, -0.05) is 6.92 Å². The molecule has 0 aromatic carbocycles. The summed E-state index contributed by atoms with van der Waals surface area (Å²) in [6.45, 7) is 8.28. The van der Waals surface area contributed by atoms with Gasteiger partial charge in [0.05, 0.1) is 0 Å². The fraction of sp³-hybridized carbons (Fsp3) is 0.692. The normalized spacial score (nSPS) is 24.2. The number of hydrogen-bond acceptors (Lipinski definition) is 3. The van der Waals surface area contributed by atoms with Crippen LogP contribution in [0.1, 0.15) is 40.5 Å². The molecule has 94 valence electrons. The lowest BCUT2D eigenvalue weighted by Crippen LogP contribution is -2.40. The summed E-state index contributed by atoms with van der Waals surface area (Å²) in [4.78, 5) is 16.4. The second-order valence-corrected chi connectivity index (χ2v) is 6.04. The second kappa shape index (κ2) is 4.17. The molecule has 0 atom stereocenters. The van der Waals surface area contributed by atoms with Crippen molar-refractivity contribution in [1.29, 1.82) is 0 Å². The van der Waals surface area contributed by atoms with Crippen LogP contribution in [0.5, 0.6) is 0 Å². The van der Waals surface area contributed by atoms with Crippen molar-refractivity contribution in [2.24, 2.45) is 5.92 Å². The molecule has 0 spiro atoms. The molecule has 2 rings (SSSR count). The smallest absolute Gasteiger partial charge is 0.293 e. The number of rotatable bonds is 2. The monoisotopic (exact) mass is 235 g/mol. The van der Waals surface area contributed by atoms with E-state index in [1.165, 1.54) is 0 Å². The predicted molar refractivity (Wildman–Crippen MR) is 69.3 cm³/mol. The summed E-state index contributed by atoms with van der Waals surface area (Å²) in [5.41, 5.74) is -0.233. The van der Waals surface area contributed by atoms with E-state index in [4.69, 9.17) is 0 Å². The van der Waals surface area contributed by atoms with Gasteiger partial charge in [-0.2, -0.15) is 0 Å². The van der Waals surface area contributed by atoms with Crippen LogP contribution >= 0.6 is 0 Å². The maximum Gasteiger partial charge on any atom is 0.293 e. The molecule has 1 fully saturated rings. The SMILES string of the molecule is CC1CC(Nc2nccn(C(C)(C)C)c2=O)C1. The van der Waals surface area contributed by atoms with Crippen LogP contribution in [0.2, 0.25) is 0 Å². The standard InChI is InChI=1S/C13H21N3O/c1-9-7-10(8-9)15-11-12(17)16(6-5-14-11)13(2,3)4/h5-6,9-10H,7-8H2,1-4H3,(H,14,15). The Balaban J connectivity index is 2.21. The largest absolute Gasteiger partial charge is 0.363 e. The topological polar surface area (TPSA) is 46.9 Å². The Morgan fingerprint density at radius 1 is 1.41 bits per heavy atom. The first kappa shape index (κ1) is 12.1. The highest BCUT2D eigenvalue weighted by Crippen LogP contribution is 2.28. The van der Waals surface area contributed by atoms with E-state index >= 15 is 0 Å². The molecule has 0 amide bonds. The van der Waals surface area contributed by atoms with E-state index in [9.17, 15) is 4.79 Å². The molecule has 0 bridgehead atoms. The van der Waals surface area contributed by atoms with Gasteiger partial charge in [0.1, 0.15) is 0 Å². The Labute approximate surface area is 102 Å². The van der Waals surface area contributed by atoms with E-state index in [1.807, 2.05) is 20.8 Å². The van der Waals surface area contributed by atoms with Gasteiger partial charge in [-0.15, -0.1) is 0 Å². The zero-order valence-corrected chi connectivity index (χ0v) is 11.0. The Kier molecular flexibility index (Phi) is 2.98. The number of anilines is 1. The first-order chi connectivity index (χ1) is 7.88. The third-order valence-corrected chi connectivity index (χ3v) is 3.28. The molecule has 0 radical (unpaired) electrons. The molecule has 1 aromatic rings. The van der Waals surface area contributed by atoms with Gasteiger partial charge in [0.2, 0.25) is 0 Å². The molecule has 1 N–H and O–H groups in total. The lowest BCUT2D eigenvalue weighted by Gasteiger charge is -2.33. The maximum atomic E-state index is 12.2. The number of aromatic nitrogens is 2. The fourth-order valence-electron chi connectivity index (χ4n) is 2.25. The second-order valence-electron chi connectivity index (χ2n) is 6.04. The van der Waals surface area contributed by atoms with Gasteiger partial charge in [0.25, 0.3) is 5.56 Å². The first-order valence-corrected chi connectivity index (χ1v) is 6.22. The van der Waals surface area contributed by atoms with E-state index < -0.39 is 0 Å². The number of hydrogen-bond donors (Lipinski definition) is 1. The lowest BCUT2D eigenvalue weighted by atomic mass is 9.82. The Morgan fingerprint density at radius 2 is 2.06 bits per heavy atom. The summed E-state index contributed by atoms with van der Waals surface area (Å²) in [5, 5.41) is 3.25. The Hall–Kier alpha value is -1.32. The molecule has 1 saturated carbocycles. The van der Waals surface area contributed by atoms with Gasteiger partial charge < -0.3 is 9.88 Å². The van der Waals surface area contributed by atoms with Crippen LogP contribution in [0.3, 0.4) is 0 Å². The summed E-state index contributed by atoms with van der Waals surface area (Å²) >= 11 is 0. The van der Waals surface area contributed by atoms with Gasteiger partial charge in [-0.3, -0.25) is 4.79 Å². The minimum atomic E-state index is -0.205. The molecule has 1 aromatic heterocycles. The van der Waals surface area contributed by atoms with Crippen LogP contribution in [0.25, 0.3) is 0 Å². The van der Waals surface area contributed by atoms with E-state index in [-0.39, 0.29) is 11.1 Å². The van der Waals surface area contributed by atoms with Crippen LogP contribution in [0.4, 0.5) is 5.82 Å². The summed E-state index contributed by atoms with van der Waals surface area (Å²) in [6.07, 6.45) is 5.70. The highest BCUT2D eigenvalue weighted by Gasteiger charge is 2.26. The van der Waals surface area contributed by atoms with Gasteiger partial charge in [0, 0.05) is 24.0 Å². The molecule has 0 unspecified atom stereocenters. The van der Waals surface area contributed by atoms with Crippen LogP contribution < -0.4 is 10.9 Å². The highest BCUT2D eigenvalue weighted by molar-refractivity contribution is 5.33. The van der Waals surface area contributed by atoms with Crippen molar-refractivity contribution >= 4 is 5.82 Å². The van der Waals surface area contributed by atoms with Crippen LogP contribution in [-0.2, 0) is 5.54 Å². The summed E-state index contributed by atoms with van der Waals surface area (Å²) in [7, 11) is 0. The summed E-state index contributed by atoms with van der Waals surface area (Å²) in [5.74, 6) is 1.25. The minimum absolute atomic E-state index is 0.0282. The Morgan fingerprint density at radius 3 is 2.59 bits per heavy atom. The molecule has 1 aliphatic rings. The average molecular weight is 235 g/mol. The Bertz CT molecular complexity index is 452. The number of nitrogens with one attached hydrogen (secondary N) is 1. The van der Waals surface area contributed by atoms with Gasteiger partial charge in [-0.25, -0.2) is 4.98 Å². The fourth-order valence-corrected chi connectivity index (χ4v) is 2.25. The molecule has 1 heterocycles.